The Morgan fingerprint density at radius 1 is 1.12 bits per heavy atom. The van der Waals surface area contributed by atoms with Gasteiger partial charge in [0.25, 0.3) is 0 Å². The molecule has 0 unspecified atom stereocenters. The van der Waals surface area contributed by atoms with Crippen LogP contribution in [-0.4, -0.2) is 25.6 Å². The number of hydrogen-bond donors (Lipinski definition) is 0. The van der Waals surface area contributed by atoms with E-state index in [1.54, 1.807) is 0 Å². The van der Waals surface area contributed by atoms with Crippen molar-refractivity contribution < 1.29 is 14.3 Å². The van der Waals surface area contributed by atoms with Crippen LogP contribution in [0.1, 0.15) is 37.0 Å². The van der Waals surface area contributed by atoms with Crippen LogP contribution >= 0.6 is 0 Å². The van der Waals surface area contributed by atoms with Gasteiger partial charge in [-0.25, -0.2) is 0 Å². The number of rotatable bonds is 8. The predicted molar refractivity (Wildman–Crippen MR) is 67.7 cm³/mol. The summed E-state index contributed by atoms with van der Waals surface area (Å²) < 4.78 is 10.7. The number of hydrogen-bond acceptors (Lipinski definition) is 3. The van der Waals surface area contributed by atoms with Crippen LogP contribution in [0.3, 0.4) is 0 Å². The van der Waals surface area contributed by atoms with E-state index in [1.807, 2.05) is 38.1 Å². The van der Waals surface area contributed by atoms with Crippen LogP contribution in [0.4, 0.5) is 0 Å². The minimum absolute atomic E-state index is 0.160. The number of benzene rings is 1. The van der Waals surface area contributed by atoms with Gasteiger partial charge in [0, 0.05) is 31.6 Å². The van der Waals surface area contributed by atoms with Crippen LogP contribution in [0.2, 0.25) is 0 Å². The minimum Gasteiger partial charge on any atom is -0.494 e. The van der Waals surface area contributed by atoms with E-state index in [-0.39, 0.29) is 5.78 Å². The summed E-state index contributed by atoms with van der Waals surface area (Å²) in [6, 6.07) is 7.29. The Kier molecular flexibility index (Phi) is 6.33. The van der Waals surface area contributed by atoms with E-state index in [0.717, 1.165) is 30.9 Å². The van der Waals surface area contributed by atoms with Crippen molar-refractivity contribution in [3.05, 3.63) is 29.8 Å². The van der Waals surface area contributed by atoms with Crippen molar-refractivity contribution in [3.63, 3.8) is 0 Å². The lowest BCUT2D eigenvalue weighted by atomic mass is 10.1. The largest absolute Gasteiger partial charge is 0.494 e. The highest BCUT2D eigenvalue weighted by molar-refractivity contribution is 5.95. The van der Waals surface area contributed by atoms with Gasteiger partial charge in [0.1, 0.15) is 5.75 Å². The summed E-state index contributed by atoms with van der Waals surface area (Å²) in [4.78, 5) is 11.4. The Hall–Kier alpha value is -1.35. The van der Waals surface area contributed by atoms with Crippen LogP contribution in [-0.2, 0) is 4.74 Å². The first-order chi connectivity index (χ1) is 8.27. The molecule has 3 heteroatoms. The molecule has 0 atom stereocenters. The van der Waals surface area contributed by atoms with Crippen molar-refractivity contribution in [3.8, 4) is 5.75 Å². The zero-order valence-corrected chi connectivity index (χ0v) is 10.6. The second-order valence-corrected chi connectivity index (χ2v) is 3.70. The SMILES string of the molecule is CCOCCCOc1ccc(C(=O)CC)cc1. The van der Waals surface area contributed by atoms with Gasteiger partial charge in [-0.2, -0.15) is 0 Å². The molecule has 0 radical (unpaired) electrons. The third-order valence-electron chi connectivity index (χ3n) is 2.40. The maximum Gasteiger partial charge on any atom is 0.162 e. The Morgan fingerprint density at radius 3 is 2.41 bits per heavy atom. The molecule has 3 nitrogen and oxygen atoms in total. The molecule has 0 aliphatic carbocycles. The van der Waals surface area contributed by atoms with Crippen LogP contribution < -0.4 is 4.74 Å². The molecule has 0 fully saturated rings. The lowest BCUT2D eigenvalue weighted by molar-refractivity contribution is 0.0988. The third-order valence-corrected chi connectivity index (χ3v) is 2.40. The molecule has 1 aromatic carbocycles. The topological polar surface area (TPSA) is 35.5 Å². The van der Waals surface area contributed by atoms with Gasteiger partial charge in [-0.05, 0) is 31.2 Å². The van der Waals surface area contributed by atoms with Crippen LogP contribution in [0.25, 0.3) is 0 Å². The van der Waals surface area contributed by atoms with E-state index in [2.05, 4.69) is 0 Å². The van der Waals surface area contributed by atoms with Crippen molar-refractivity contribution >= 4 is 5.78 Å². The first-order valence-electron chi connectivity index (χ1n) is 6.11. The molecule has 0 N–H and O–H groups in total. The van der Waals surface area contributed by atoms with E-state index in [0.29, 0.717) is 13.0 Å². The first-order valence-corrected chi connectivity index (χ1v) is 6.11. The van der Waals surface area contributed by atoms with Gasteiger partial charge < -0.3 is 9.47 Å². The smallest absolute Gasteiger partial charge is 0.162 e. The van der Waals surface area contributed by atoms with Gasteiger partial charge in [-0.15, -0.1) is 0 Å². The summed E-state index contributed by atoms with van der Waals surface area (Å²) in [6.07, 6.45) is 1.41. The monoisotopic (exact) mass is 236 g/mol. The van der Waals surface area contributed by atoms with Gasteiger partial charge in [0.05, 0.1) is 6.61 Å². The minimum atomic E-state index is 0.160. The predicted octanol–water partition coefficient (Wildman–Crippen LogP) is 3.08. The summed E-state index contributed by atoms with van der Waals surface area (Å²) >= 11 is 0. The fourth-order valence-electron chi connectivity index (χ4n) is 1.44. The van der Waals surface area contributed by atoms with Gasteiger partial charge >= 0.3 is 0 Å². The standard InChI is InChI=1S/C14H20O3/c1-3-14(15)12-6-8-13(9-7-12)17-11-5-10-16-4-2/h6-9H,3-5,10-11H2,1-2H3. The Labute approximate surface area is 103 Å². The summed E-state index contributed by atoms with van der Waals surface area (Å²) in [7, 11) is 0. The van der Waals surface area contributed by atoms with E-state index in [9.17, 15) is 4.79 Å². The molecular formula is C14H20O3. The lowest BCUT2D eigenvalue weighted by Gasteiger charge is -2.06. The molecule has 0 aliphatic rings. The molecule has 17 heavy (non-hydrogen) atoms. The highest BCUT2D eigenvalue weighted by Gasteiger charge is 2.02. The highest BCUT2D eigenvalue weighted by Crippen LogP contribution is 2.13. The maximum absolute atomic E-state index is 11.4. The molecular weight excluding hydrogens is 216 g/mol. The second kappa shape index (κ2) is 7.85. The van der Waals surface area contributed by atoms with E-state index >= 15 is 0 Å². The van der Waals surface area contributed by atoms with E-state index in [1.165, 1.54) is 0 Å². The first kappa shape index (κ1) is 13.7. The number of ketones is 1. The highest BCUT2D eigenvalue weighted by atomic mass is 16.5. The fourth-order valence-corrected chi connectivity index (χ4v) is 1.44. The molecule has 0 bridgehead atoms. The summed E-state index contributed by atoms with van der Waals surface area (Å²) in [6.45, 7) is 5.95. The maximum atomic E-state index is 11.4. The van der Waals surface area contributed by atoms with Crippen molar-refractivity contribution in [2.24, 2.45) is 0 Å². The second-order valence-electron chi connectivity index (χ2n) is 3.70. The molecule has 0 aliphatic heterocycles. The van der Waals surface area contributed by atoms with E-state index in [4.69, 9.17) is 9.47 Å². The summed E-state index contributed by atoms with van der Waals surface area (Å²) in [5, 5.41) is 0. The Morgan fingerprint density at radius 2 is 1.82 bits per heavy atom. The van der Waals surface area contributed by atoms with Gasteiger partial charge in [-0.1, -0.05) is 6.92 Å². The van der Waals surface area contributed by atoms with Gasteiger partial charge in [0.15, 0.2) is 5.78 Å². The molecule has 0 spiro atoms. The molecule has 0 amide bonds. The zero-order chi connectivity index (χ0) is 12.5. The fraction of sp³-hybridized carbons (Fsp3) is 0.500. The molecule has 0 saturated heterocycles. The number of ether oxygens (including phenoxy) is 2. The molecule has 0 aromatic heterocycles. The Bertz CT molecular complexity index is 330. The average Bonchev–Trinajstić information content (AvgIpc) is 2.38. The molecule has 1 aromatic rings. The van der Waals surface area contributed by atoms with Crippen molar-refractivity contribution in [1.82, 2.24) is 0 Å². The normalized spacial score (nSPS) is 10.2. The van der Waals surface area contributed by atoms with Gasteiger partial charge in [-0.3, -0.25) is 4.79 Å². The van der Waals surface area contributed by atoms with Crippen molar-refractivity contribution in [2.45, 2.75) is 26.7 Å². The number of carbonyl (C=O) groups excluding carboxylic acids is 1. The third kappa shape index (κ3) is 5.00. The number of carbonyl (C=O) groups is 1. The summed E-state index contributed by atoms with van der Waals surface area (Å²) in [5.74, 6) is 0.960. The summed E-state index contributed by atoms with van der Waals surface area (Å²) in [5.41, 5.74) is 0.745. The Balaban J connectivity index is 2.33. The van der Waals surface area contributed by atoms with Crippen LogP contribution in [0.5, 0.6) is 5.75 Å². The molecule has 1 rings (SSSR count). The number of Topliss-reactive ketones (excluding diaryl/α,β-unsaturated/α-hetero) is 1. The van der Waals surface area contributed by atoms with Crippen LogP contribution in [0.15, 0.2) is 24.3 Å². The molecule has 0 heterocycles. The van der Waals surface area contributed by atoms with Crippen molar-refractivity contribution in [1.29, 1.82) is 0 Å². The quantitative estimate of drug-likeness (QED) is 0.514. The van der Waals surface area contributed by atoms with E-state index < -0.39 is 0 Å². The molecule has 94 valence electrons. The lowest BCUT2D eigenvalue weighted by Crippen LogP contribution is -2.03. The van der Waals surface area contributed by atoms with Crippen molar-refractivity contribution in [2.75, 3.05) is 19.8 Å². The average molecular weight is 236 g/mol. The zero-order valence-electron chi connectivity index (χ0n) is 10.6. The van der Waals surface area contributed by atoms with Gasteiger partial charge in [0.2, 0.25) is 0 Å². The molecule has 0 saturated carbocycles. The van der Waals surface area contributed by atoms with Crippen LogP contribution in [0, 0.1) is 0 Å².